The van der Waals surface area contributed by atoms with E-state index in [1.54, 1.807) is 6.33 Å². The number of hydrogen-bond acceptors (Lipinski definition) is 3. The predicted molar refractivity (Wildman–Crippen MR) is 61.6 cm³/mol. The smallest absolute Gasteiger partial charge is 0.138 e. The van der Waals surface area contributed by atoms with Gasteiger partial charge in [-0.1, -0.05) is 26.7 Å². The van der Waals surface area contributed by atoms with Crippen LogP contribution in [-0.2, 0) is 13.5 Å². The summed E-state index contributed by atoms with van der Waals surface area (Å²) in [5.41, 5.74) is 0. The van der Waals surface area contributed by atoms with Crippen molar-refractivity contribution < 1.29 is 0 Å². The second-order valence-electron chi connectivity index (χ2n) is 3.98. The van der Waals surface area contributed by atoms with Crippen molar-refractivity contribution in [1.82, 2.24) is 20.1 Å². The first kappa shape index (κ1) is 12.2. The van der Waals surface area contributed by atoms with Crippen molar-refractivity contribution in [2.75, 3.05) is 7.05 Å². The summed E-state index contributed by atoms with van der Waals surface area (Å²) < 4.78 is 1.85. The predicted octanol–water partition coefficient (Wildman–Crippen LogP) is 1.38. The number of rotatable bonds is 6. The van der Waals surface area contributed by atoms with E-state index in [2.05, 4.69) is 29.2 Å². The van der Waals surface area contributed by atoms with Gasteiger partial charge in [-0.15, -0.1) is 0 Å². The normalized spacial score (nSPS) is 13.4. The van der Waals surface area contributed by atoms with Crippen molar-refractivity contribution in [1.29, 1.82) is 0 Å². The van der Waals surface area contributed by atoms with Crippen LogP contribution < -0.4 is 5.32 Å². The van der Waals surface area contributed by atoms with Gasteiger partial charge in [-0.3, -0.25) is 4.68 Å². The fourth-order valence-corrected chi connectivity index (χ4v) is 2.06. The minimum atomic E-state index is 0.503. The lowest BCUT2D eigenvalue weighted by atomic mass is 9.92. The molecule has 1 unspecified atom stereocenters. The molecule has 4 nitrogen and oxygen atoms in total. The zero-order valence-corrected chi connectivity index (χ0v) is 10.2. The topological polar surface area (TPSA) is 42.7 Å². The highest BCUT2D eigenvalue weighted by atomic mass is 15.3. The van der Waals surface area contributed by atoms with Crippen LogP contribution in [0.15, 0.2) is 6.33 Å². The van der Waals surface area contributed by atoms with Crippen molar-refractivity contribution in [2.24, 2.45) is 13.0 Å². The van der Waals surface area contributed by atoms with E-state index in [-0.39, 0.29) is 0 Å². The molecular weight excluding hydrogens is 188 g/mol. The van der Waals surface area contributed by atoms with E-state index in [1.165, 1.54) is 12.8 Å². The van der Waals surface area contributed by atoms with Gasteiger partial charge < -0.3 is 5.32 Å². The minimum absolute atomic E-state index is 0.503. The summed E-state index contributed by atoms with van der Waals surface area (Å²) in [6.07, 6.45) is 4.99. The van der Waals surface area contributed by atoms with E-state index in [1.807, 2.05) is 18.8 Å². The van der Waals surface area contributed by atoms with Crippen LogP contribution in [0.4, 0.5) is 0 Å². The van der Waals surface area contributed by atoms with Crippen LogP contribution in [0.3, 0.4) is 0 Å². The molecule has 1 aromatic heterocycles. The van der Waals surface area contributed by atoms with Crippen LogP contribution in [-0.4, -0.2) is 27.9 Å². The average molecular weight is 210 g/mol. The summed E-state index contributed by atoms with van der Waals surface area (Å²) >= 11 is 0. The molecule has 15 heavy (non-hydrogen) atoms. The van der Waals surface area contributed by atoms with Crippen LogP contribution in [0.5, 0.6) is 0 Å². The molecule has 0 saturated heterocycles. The van der Waals surface area contributed by atoms with E-state index in [9.17, 15) is 0 Å². The molecule has 0 aliphatic heterocycles. The molecule has 0 fully saturated rings. The lowest BCUT2D eigenvalue weighted by Gasteiger charge is -2.24. The first-order valence-corrected chi connectivity index (χ1v) is 5.73. The lowest BCUT2D eigenvalue weighted by Crippen LogP contribution is -2.35. The second kappa shape index (κ2) is 5.85. The van der Waals surface area contributed by atoms with E-state index in [0.29, 0.717) is 12.0 Å². The first-order chi connectivity index (χ1) is 7.22. The molecular formula is C11H22N4. The Morgan fingerprint density at radius 1 is 1.40 bits per heavy atom. The van der Waals surface area contributed by atoms with Gasteiger partial charge in [0, 0.05) is 19.5 Å². The van der Waals surface area contributed by atoms with Gasteiger partial charge in [0.1, 0.15) is 12.2 Å². The third-order valence-electron chi connectivity index (χ3n) is 3.20. The quantitative estimate of drug-likeness (QED) is 0.771. The Bertz CT molecular complexity index is 278. The maximum Gasteiger partial charge on any atom is 0.138 e. The first-order valence-electron chi connectivity index (χ1n) is 5.73. The van der Waals surface area contributed by atoms with Gasteiger partial charge in [0.2, 0.25) is 0 Å². The zero-order chi connectivity index (χ0) is 11.3. The lowest BCUT2D eigenvalue weighted by molar-refractivity contribution is 0.342. The highest BCUT2D eigenvalue weighted by molar-refractivity contribution is 4.90. The van der Waals surface area contributed by atoms with Gasteiger partial charge in [-0.2, -0.15) is 5.10 Å². The van der Waals surface area contributed by atoms with E-state index >= 15 is 0 Å². The fourth-order valence-electron chi connectivity index (χ4n) is 2.06. The van der Waals surface area contributed by atoms with Crippen molar-refractivity contribution in [3.8, 4) is 0 Å². The number of nitrogens with one attached hydrogen (secondary N) is 1. The molecule has 0 aliphatic carbocycles. The van der Waals surface area contributed by atoms with Crippen LogP contribution >= 0.6 is 0 Å². The molecule has 0 spiro atoms. The van der Waals surface area contributed by atoms with Gasteiger partial charge in [-0.05, 0) is 13.0 Å². The minimum Gasteiger partial charge on any atom is -0.316 e. The van der Waals surface area contributed by atoms with Crippen LogP contribution in [0.1, 0.15) is 32.5 Å². The second-order valence-corrected chi connectivity index (χ2v) is 3.98. The Kier molecular flexibility index (Phi) is 4.75. The molecule has 1 N–H and O–H groups in total. The van der Waals surface area contributed by atoms with E-state index in [4.69, 9.17) is 0 Å². The van der Waals surface area contributed by atoms with E-state index in [0.717, 1.165) is 12.2 Å². The molecule has 1 heterocycles. The average Bonchev–Trinajstić information content (AvgIpc) is 2.64. The molecule has 0 aromatic carbocycles. The summed E-state index contributed by atoms with van der Waals surface area (Å²) in [5.74, 6) is 1.77. The highest BCUT2D eigenvalue weighted by Gasteiger charge is 2.18. The summed E-state index contributed by atoms with van der Waals surface area (Å²) in [4.78, 5) is 4.27. The molecule has 0 aliphatic rings. The van der Waals surface area contributed by atoms with Crippen LogP contribution in [0.25, 0.3) is 0 Å². The van der Waals surface area contributed by atoms with Gasteiger partial charge in [-0.25, -0.2) is 4.98 Å². The van der Waals surface area contributed by atoms with Crippen molar-refractivity contribution >= 4 is 0 Å². The Morgan fingerprint density at radius 3 is 2.47 bits per heavy atom. The van der Waals surface area contributed by atoms with Gasteiger partial charge in [0.15, 0.2) is 0 Å². The van der Waals surface area contributed by atoms with Crippen LogP contribution in [0.2, 0.25) is 0 Å². The summed E-state index contributed by atoms with van der Waals surface area (Å²) in [6.45, 7) is 4.49. The van der Waals surface area contributed by atoms with Crippen molar-refractivity contribution in [3.05, 3.63) is 12.2 Å². The number of nitrogens with zero attached hydrogens (tertiary/aromatic N) is 3. The van der Waals surface area contributed by atoms with Gasteiger partial charge in [0.25, 0.3) is 0 Å². The molecule has 0 radical (unpaired) electrons. The number of hydrogen-bond donors (Lipinski definition) is 1. The Labute approximate surface area is 92.1 Å². The molecule has 1 rings (SSSR count). The number of aryl methyl sites for hydroxylation is 1. The molecule has 0 amide bonds. The standard InChI is InChI=1S/C11H22N4/c1-5-9(6-2)10(12-3)7-11-13-8-14-15(11)4/h8-10,12H,5-7H2,1-4H3. The van der Waals surface area contributed by atoms with Crippen LogP contribution in [0, 0.1) is 5.92 Å². The molecule has 86 valence electrons. The molecule has 1 aromatic rings. The molecule has 1 atom stereocenters. The van der Waals surface area contributed by atoms with E-state index < -0.39 is 0 Å². The fraction of sp³-hybridized carbons (Fsp3) is 0.818. The Morgan fingerprint density at radius 2 is 2.07 bits per heavy atom. The number of aromatic nitrogens is 3. The maximum atomic E-state index is 4.27. The SMILES string of the molecule is CCC(CC)C(Cc1ncnn1C)NC. The third kappa shape index (κ3) is 3.02. The zero-order valence-electron chi connectivity index (χ0n) is 10.2. The van der Waals surface area contributed by atoms with Gasteiger partial charge in [0.05, 0.1) is 0 Å². The largest absolute Gasteiger partial charge is 0.316 e. The van der Waals surface area contributed by atoms with Crippen molar-refractivity contribution in [2.45, 2.75) is 39.2 Å². The van der Waals surface area contributed by atoms with Crippen molar-refractivity contribution in [3.63, 3.8) is 0 Å². The monoisotopic (exact) mass is 210 g/mol. The summed E-state index contributed by atoms with van der Waals surface area (Å²) in [5, 5.41) is 7.48. The number of likely N-dealkylation sites (N-methyl/N-ethyl adjacent to an activating group) is 1. The molecule has 4 heteroatoms. The Hall–Kier alpha value is -0.900. The maximum absolute atomic E-state index is 4.27. The summed E-state index contributed by atoms with van der Waals surface area (Å²) in [6, 6.07) is 0.503. The van der Waals surface area contributed by atoms with Gasteiger partial charge >= 0.3 is 0 Å². The third-order valence-corrected chi connectivity index (χ3v) is 3.20. The molecule has 0 saturated carbocycles. The Balaban J connectivity index is 2.64. The summed E-state index contributed by atoms with van der Waals surface area (Å²) in [7, 11) is 3.97. The molecule has 0 bridgehead atoms. The highest BCUT2D eigenvalue weighted by Crippen LogP contribution is 2.15.